The van der Waals surface area contributed by atoms with E-state index in [-0.39, 0.29) is 31.4 Å². The van der Waals surface area contributed by atoms with Crippen LogP contribution in [0.2, 0.25) is 0 Å². The quantitative estimate of drug-likeness (QED) is 0.550. The van der Waals surface area contributed by atoms with Gasteiger partial charge in [0.25, 0.3) is 0 Å². The normalized spacial score (nSPS) is 13.6. The molecule has 7 nitrogen and oxygen atoms in total. The van der Waals surface area contributed by atoms with E-state index < -0.39 is 23.5 Å². The average molecular weight is 439 g/mol. The molecule has 1 aliphatic carbocycles. The number of alkyl carbamates (subject to hydrolysis) is 1. The van der Waals surface area contributed by atoms with Gasteiger partial charge in [0.05, 0.1) is 5.41 Å². The first-order valence-electron chi connectivity index (χ1n) is 10.8. The number of rotatable bonds is 9. The van der Waals surface area contributed by atoms with Crippen LogP contribution in [0.25, 0.3) is 11.1 Å². The van der Waals surface area contributed by atoms with Crippen LogP contribution in [0, 0.1) is 5.41 Å². The number of nitrogens with one attached hydrogen (secondary N) is 2. The van der Waals surface area contributed by atoms with Gasteiger partial charge in [0.1, 0.15) is 6.61 Å². The van der Waals surface area contributed by atoms with Crippen molar-refractivity contribution in [2.45, 2.75) is 45.6 Å². The summed E-state index contributed by atoms with van der Waals surface area (Å²) in [6.07, 6.45) is -0.167. The minimum Gasteiger partial charge on any atom is -0.481 e. The van der Waals surface area contributed by atoms with E-state index >= 15 is 0 Å². The lowest BCUT2D eigenvalue weighted by molar-refractivity contribution is -0.147. The van der Waals surface area contributed by atoms with E-state index in [0.717, 1.165) is 22.3 Å². The molecular formula is C25H30N2O5. The van der Waals surface area contributed by atoms with Gasteiger partial charge < -0.3 is 20.5 Å². The number of benzene rings is 2. The van der Waals surface area contributed by atoms with E-state index in [4.69, 9.17) is 9.84 Å². The van der Waals surface area contributed by atoms with Crippen molar-refractivity contribution in [2.75, 3.05) is 13.2 Å². The highest BCUT2D eigenvalue weighted by atomic mass is 16.5. The number of hydrogen-bond acceptors (Lipinski definition) is 4. The van der Waals surface area contributed by atoms with Crippen molar-refractivity contribution in [3.63, 3.8) is 0 Å². The van der Waals surface area contributed by atoms with Crippen LogP contribution in [-0.2, 0) is 14.3 Å². The highest BCUT2D eigenvalue weighted by molar-refractivity contribution is 5.79. The van der Waals surface area contributed by atoms with Gasteiger partial charge in [0, 0.05) is 24.9 Å². The van der Waals surface area contributed by atoms with E-state index in [2.05, 4.69) is 34.9 Å². The molecule has 32 heavy (non-hydrogen) atoms. The summed E-state index contributed by atoms with van der Waals surface area (Å²) in [5.41, 5.74) is 3.69. The number of carboxylic acid groups (broad SMARTS) is 1. The second kappa shape index (κ2) is 9.85. The maximum Gasteiger partial charge on any atom is 0.407 e. The van der Waals surface area contributed by atoms with Crippen LogP contribution >= 0.6 is 0 Å². The maximum atomic E-state index is 12.3. The average Bonchev–Trinajstić information content (AvgIpc) is 3.05. The standard InChI is InChI=1S/C25H30N2O5/c1-16(14-22(28)26-13-12-25(2,3)23(29)30)27-24(31)32-15-21-19-10-6-4-8-17(19)18-9-5-7-11-20(18)21/h4-11,16,21H,12-15H2,1-3H3,(H,26,28)(H,27,31)(H,29,30). The number of carboxylic acids is 1. The minimum atomic E-state index is -0.906. The van der Waals surface area contributed by atoms with Crippen molar-refractivity contribution in [2.24, 2.45) is 5.41 Å². The van der Waals surface area contributed by atoms with Crippen LogP contribution in [0.15, 0.2) is 48.5 Å². The molecule has 0 fully saturated rings. The Morgan fingerprint density at radius 1 is 1.03 bits per heavy atom. The summed E-state index contributed by atoms with van der Waals surface area (Å²) >= 11 is 0. The Morgan fingerprint density at radius 2 is 1.59 bits per heavy atom. The number of carbonyl (C=O) groups is 3. The summed E-state index contributed by atoms with van der Waals surface area (Å²) in [4.78, 5) is 35.5. The number of ether oxygens (including phenoxy) is 1. The third kappa shape index (κ3) is 5.46. The van der Waals surface area contributed by atoms with E-state index in [9.17, 15) is 14.4 Å². The second-order valence-electron chi connectivity index (χ2n) is 8.86. The van der Waals surface area contributed by atoms with E-state index in [1.54, 1.807) is 20.8 Å². The molecule has 1 aliphatic rings. The molecule has 3 N–H and O–H groups in total. The van der Waals surface area contributed by atoms with Crippen molar-refractivity contribution in [1.82, 2.24) is 10.6 Å². The van der Waals surface area contributed by atoms with Gasteiger partial charge in [0.15, 0.2) is 0 Å². The number of aliphatic carboxylic acids is 1. The van der Waals surface area contributed by atoms with Crippen LogP contribution in [0.5, 0.6) is 0 Å². The predicted octanol–water partition coefficient (Wildman–Crippen LogP) is 3.92. The minimum absolute atomic E-state index is 0.0238. The van der Waals surface area contributed by atoms with Crippen molar-refractivity contribution in [1.29, 1.82) is 0 Å². The Bertz CT molecular complexity index is 956. The fourth-order valence-corrected chi connectivity index (χ4v) is 3.86. The van der Waals surface area contributed by atoms with Crippen molar-refractivity contribution in [3.8, 4) is 11.1 Å². The largest absolute Gasteiger partial charge is 0.481 e. The Morgan fingerprint density at radius 3 is 2.16 bits per heavy atom. The highest BCUT2D eigenvalue weighted by Crippen LogP contribution is 2.44. The molecule has 1 atom stereocenters. The van der Waals surface area contributed by atoms with Gasteiger partial charge >= 0.3 is 12.1 Å². The first kappa shape index (κ1) is 23.3. The molecule has 170 valence electrons. The zero-order valence-electron chi connectivity index (χ0n) is 18.7. The van der Waals surface area contributed by atoms with Crippen molar-refractivity contribution < 1.29 is 24.2 Å². The molecule has 1 unspecified atom stereocenters. The summed E-state index contributed by atoms with van der Waals surface area (Å²) in [6.45, 7) is 5.42. The lowest BCUT2D eigenvalue weighted by Crippen LogP contribution is -2.39. The Balaban J connectivity index is 1.46. The number of carbonyl (C=O) groups excluding carboxylic acids is 2. The predicted molar refractivity (Wildman–Crippen MR) is 121 cm³/mol. The molecule has 7 heteroatoms. The molecule has 0 bridgehead atoms. The Kier molecular flexibility index (Phi) is 7.18. The van der Waals surface area contributed by atoms with Gasteiger partial charge in [-0.25, -0.2) is 4.79 Å². The zero-order valence-corrected chi connectivity index (χ0v) is 18.7. The monoisotopic (exact) mass is 438 g/mol. The second-order valence-corrected chi connectivity index (χ2v) is 8.86. The van der Waals surface area contributed by atoms with Crippen LogP contribution < -0.4 is 10.6 Å². The van der Waals surface area contributed by atoms with Gasteiger partial charge in [0.2, 0.25) is 5.91 Å². The topological polar surface area (TPSA) is 105 Å². The van der Waals surface area contributed by atoms with Crippen LogP contribution in [0.1, 0.15) is 50.7 Å². The van der Waals surface area contributed by atoms with Crippen LogP contribution in [0.4, 0.5) is 4.79 Å². The molecule has 0 radical (unpaired) electrons. The van der Waals surface area contributed by atoms with E-state index in [0.29, 0.717) is 6.42 Å². The van der Waals surface area contributed by atoms with Crippen molar-refractivity contribution >= 4 is 18.0 Å². The first-order chi connectivity index (χ1) is 15.2. The molecule has 2 aromatic rings. The van der Waals surface area contributed by atoms with Gasteiger partial charge in [-0.1, -0.05) is 48.5 Å². The fourth-order valence-electron chi connectivity index (χ4n) is 3.86. The highest BCUT2D eigenvalue weighted by Gasteiger charge is 2.29. The molecule has 0 heterocycles. The van der Waals surface area contributed by atoms with Gasteiger partial charge in [-0.2, -0.15) is 0 Å². The first-order valence-corrected chi connectivity index (χ1v) is 10.8. The number of hydrogen-bond donors (Lipinski definition) is 3. The number of amides is 2. The molecule has 2 aromatic carbocycles. The molecule has 3 rings (SSSR count). The molecule has 0 aromatic heterocycles. The molecule has 0 saturated heterocycles. The lowest BCUT2D eigenvalue weighted by Gasteiger charge is -2.20. The summed E-state index contributed by atoms with van der Waals surface area (Å²) < 4.78 is 5.50. The van der Waals surface area contributed by atoms with Gasteiger partial charge in [-0.05, 0) is 49.4 Å². The molecule has 0 spiro atoms. The van der Waals surface area contributed by atoms with Crippen LogP contribution in [0.3, 0.4) is 0 Å². The molecular weight excluding hydrogens is 408 g/mol. The summed E-state index contributed by atoms with van der Waals surface area (Å²) in [6, 6.07) is 15.8. The number of fused-ring (bicyclic) bond motifs is 3. The fraction of sp³-hybridized carbons (Fsp3) is 0.400. The maximum absolute atomic E-state index is 12.3. The third-order valence-corrected chi connectivity index (χ3v) is 5.85. The molecule has 2 amide bonds. The van der Waals surface area contributed by atoms with E-state index in [1.807, 2.05) is 24.3 Å². The van der Waals surface area contributed by atoms with Gasteiger partial charge in [-0.15, -0.1) is 0 Å². The summed E-state index contributed by atoms with van der Waals surface area (Å²) in [7, 11) is 0. The molecule has 0 saturated carbocycles. The smallest absolute Gasteiger partial charge is 0.407 e. The summed E-state index contributed by atoms with van der Waals surface area (Å²) in [5.74, 6) is -1.18. The van der Waals surface area contributed by atoms with Gasteiger partial charge in [-0.3, -0.25) is 9.59 Å². The van der Waals surface area contributed by atoms with E-state index in [1.165, 1.54) is 0 Å². The summed E-state index contributed by atoms with van der Waals surface area (Å²) in [5, 5.41) is 14.5. The zero-order chi connectivity index (χ0) is 23.3. The molecule has 0 aliphatic heterocycles. The van der Waals surface area contributed by atoms with Crippen LogP contribution in [-0.4, -0.2) is 42.3 Å². The SMILES string of the molecule is CC(CC(=O)NCCC(C)(C)C(=O)O)NC(=O)OCC1c2ccccc2-c2ccccc21. The Labute approximate surface area is 188 Å². The Hall–Kier alpha value is -3.35. The van der Waals surface area contributed by atoms with Crippen molar-refractivity contribution in [3.05, 3.63) is 59.7 Å². The third-order valence-electron chi connectivity index (χ3n) is 5.85. The lowest BCUT2D eigenvalue weighted by atomic mass is 9.90.